The smallest absolute Gasteiger partial charge is 0.0453 e. The van der Waals surface area contributed by atoms with Gasteiger partial charge in [-0.25, -0.2) is 0 Å². The maximum absolute atomic E-state index is 4.54. The molecule has 0 radical (unpaired) electrons. The van der Waals surface area contributed by atoms with E-state index in [4.69, 9.17) is 0 Å². The molecule has 0 N–H and O–H groups in total. The van der Waals surface area contributed by atoms with Crippen LogP contribution in [-0.4, -0.2) is 4.98 Å². The summed E-state index contributed by atoms with van der Waals surface area (Å²) in [7, 11) is 0. The summed E-state index contributed by atoms with van der Waals surface area (Å²) in [6, 6.07) is 0. The van der Waals surface area contributed by atoms with Gasteiger partial charge in [-0.05, 0) is 50.8 Å². The lowest BCUT2D eigenvalue weighted by Gasteiger charge is -2.14. The summed E-state index contributed by atoms with van der Waals surface area (Å²) >= 11 is 0. The molecular formula is C13H19N. The standard InChI is InChI=1S/C13H19N/c1-7-8(2)13-10(4)9(3)11(5)14-12(13)6/h2,7H2,1,3-6H3. The van der Waals surface area contributed by atoms with Gasteiger partial charge in [0.25, 0.3) is 0 Å². The zero-order valence-corrected chi connectivity index (χ0v) is 9.86. The average Bonchev–Trinajstić information content (AvgIpc) is 2.14. The van der Waals surface area contributed by atoms with E-state index in [0.29, 0.717) is 0 Å². The maximum Gasteiger partial charge on any atom is 0.0453 e. The molecule has 0 unspecified atom stereocenters. The molecule has 1 rings (SSSR count). The van der Waals surface area contributed by atoms with Crippen LogP contribution in [0.1, 0.15) is 41.4 Å². The molecule has 0 amide bonds. The third kappa shape index (κ3) is 1.72. The molecule has 76 valence electrons. The number of pyridine rings is 1. The van der Waals surface area contributed by atoms with Crippen LogP contribution in [0.3, 0.4) is 0 Å². The van der Waals surface area contributed by atoms with Crippen molar-refractivity contribution in [1.82, 2.24) is 4.98 Å². The second-order valence-electron chi connectivity index (χ2n) is 3.86. The summed E-state index contributed by atoms with van der Waals surface area (Å²) in [5.41, 5.74) is 7.32. The molecule has 14 heavy (non-hydrogen) atoms. The van der Waals surface area contributed by atoms with E-state index in [2.05, 4.69) is 46.2 Å². The van der Waals surface area contributed by atoms with Crippen LogP contribution < -0.4 is 0 Å². The highest BCUT2D eigenvalue weighted by Gasteiger charge is 2.10. The Kier molecular flexibility index (Phi) is 3.10. The molecule has 0 aliphatic carbocycles. The van der Waals surface area contributed by atoms with Crippen LogP contribution in [-0.2, 0) is 0 Å². The second kappa shape index (κ2) is 3.95. The Bertz CT molecular complexity index is 375. The van der Waals surface area contributed by atoms with Crippen molar-refractivity contribution < 1.29 is 0 Å². The van der Waals surface area contributed by atoms with Crippen molar-refractivity contribution in [3.05, 3.63) is 34.7 Å². The number of aryl methyl sites for hydroxylation is 2. The Morgan fingerprint density at radius 1 is 1.07 bits per heavy atom. The van der Waals surface area contributed by atoms with E-state index in [1.807, 2.05) is 0 Å². The average molecular weight is 189 g/mol. The SMILES string of the molecule is C=C(CC)c1c(C)nc(C)c(C)c1C. The van der Waals surface area contributed by atoms with Crippen LogP contribution in [0, 0.1) is 27.7 Å². The monoisotopic (exact) mass is 189 g/mol. The molecule has 1 heterocycles. The van der Waals surface area contributed by atoms with Crippen molar-refractivity contribution in [2.24, 2.45) is 0 Å². The molecule has 0 fully saturated rings. The predicted molar refractivity (Wildman–Crippen MR) is 62.5 cm³/mol. The predicted octanol–water partition coefficient (Wildman–Crippen LogP) is 3.74. The minimum atomic E-state index is 0.992. The van der Waals surface area contributed by atoms with Gasteiger partial charge in [0.15, 0.2) is 0 Å². The normalized spacial score (nSPS) is 10.4. The van der Waals surface area contributed by atoms with Gasteiger partial charge in [-0.15, -0.1) is 0 Å². The maximum atomic E-state index is 4.54. The molecule has 0 atom stereocenters. The second-order valence-corrected chi connectivity index (χ2v) is 3.86. The van der Waals surface area contributed by atoms with E-state index in [9.17, 15) is 0 Å². The lowest BCUT2D eigenvalue weighted by atomic mass is 9.95. The highest BCUT2D eigenvalue weighted by atomic mass is 14.7. The lowest BCUT2D eigenvalue weighted by molar-refractivity contribution is 1.04. The summed E-state index contributed by atoms with van der Waals surface area (Å²) in [5, 5.41) is 0. The highest BCUT2D eigenvalue weighted by Crippen LogP contribution is 2.26. The zero-order valence-electron chi connectivity index (χ0n) is 9.86. The van der Waals surface area contributed by atoms with Gasteiger partial charge in [0, 0.05) is 17.0 Å². The number of hydrogen-bond acceptors (Lipinski definition) is 1. The van der Waals surface area contributed by atoms with Gasteiger partial charge < -0.3 is 0 Å². The molecule has 0 saturated carbocycles. The first-order valence-electron chi connectivity index (χ1n) is 5.11. The topological polar surface area (TPSA) is 12.9 Å². The number of aromatic nitrogens is 1. The van der Waals surface area contributed by atoms with Crippen molar-refractivity contribution >= 4 is 5.57 Å². The molecule has 0 aliphatic heterocycles. The Labute approximate surface area is 86.9 Å². The highest BCUT2D eigenvalue weighted by molar-refractivity contribution is 5.69. The molecule has 0 aromatic carbocycles. The third-order valence-electron chi connectivity index (χ3n) is 2.96. The summed E-state index contributed by atoms with van der Waals surface area (Å²) in [5.74, 6) is 0. The molecule has 1 heteroatoms. The number of nitrogens with zero attached hydrogens (tertiary/aromatic N) is 1. The summed E-state index contributed by atoms with van der Waals surface area (Å²) in [6.45, 7) is 14.6. The Morgan fingerprint density at radius 3 is 2.14 bits per heavy atom. The fraction of sp³-hybridized carbons (Fsp3) is 0.462. The van der Waals surface area contributed by atoms with Gasteiger partial charge >= 0.3 is 0 Å². The van der Waals surface area contributed by atoms with Crippen LogP contribution in [0.4, 0.5) is 0 Å². The number of hydrogen-bond donors (Lipinski definition) is 0. The largest absolute Gasteiger partial charge is 0.258 e. The minimum Gasteiger partial charge on any atom is -0.258 e. The minimum absolute atomic E-state index is 0.992. The first-order valence-corrected chi connectivity index (χ1v) is 5.11. The summed E-state index contributed by atoms with van der Waals surface area (Å²) < 4.78 is 0. The summed E-state index contributed by atoms with van der Waals surface area (Å²) in [6.07, 6.45) is 0.992. The molecule has 0 bridgehead atoms. The first-order chi connectivity index (χ1) is 6.49. The lowest BCUT2D eigenvalue weighted by Crippen LogP contribution is -2.01. The molecule has 0 saturated heterocycles. The molecule has 1 aromatic heterocycles. The molecular weight excluding hydrogens is 170 g/mol. The van der Waals surface area contributed by atoms with Crippen LogP contribution >= 0.6 is 0 Å². The zero-order chi connectivity index (χ0) is 10.9. The van der Waals surface area contributed by atoms with E-state index in [1.54, 1.807) is 0 Å². The number of rotatable bonds is 2. The van der Waals surface area contributed by atoms with Crippen molar-refractivity contribution in [3.8, 4) is 0 Å². The van der Waals surface area contributed by atoms with Gasteiger partial charge in [-0.2, -0.15) is 0 Å². The van der Waals surface area contributed by atoms with E-state index >= 15 is 0 Å². The Balaban J connectivity index is 3.44. The molecule has 0 aliphatic rings. The Morgan fingerprint density at radius 2 is 1.64 bits per heavy atom. The Hall–Kier alpha value is -1.11. The van der Waals surface area contributed by atoms with Gasteiger partial charge in [0.05, 0.1) is 0 Å². The van der Waals surface area contributed by atoms with E-state index in [1.165, 1.54) is 22.3 Å². The summed E-state index contributed by atoms with van der Waals surface area (Å²) in [4.78, 5) is 4.54. The van der Waals surface area contributed by atoms with Gasteiger partial charge in [0.1, 0.15) is 0 Å². The van der Waals surface area contributed by atoms with Gasteiger partial charge in [-0.1, -0.05) is 13.5 Å². The van der Waals surface area contributed by atoms with Crippen molar-refractivity contribution in [1.29, 1.82) is 0 Å². The van der Waals surface area contributed by atoms with E-state index in [-0.39, 0.29) is 0 Å². The van der Waals surface area contributed by atoms with E-state index < -0.39 is 0 Å². The molecule has 1 nitrogen and oxygen atoms in total. The van der Waals surface area contributed by atoms with Gasteiger partial charge in [-0.3, -0.25) is 4.98 Å². The number of allylic oxidation sites excluding steroid dienone is 1. The quantitative estimate of drug-likeness (QED) is 0.690. The van der Waals surface area contributed by atoms with Crippen molar-refractivity contribution in [2.45, 2.75) is 41.0 Å². The first kappa shape index (κ1) is 11.0. The fourth-order valence-electron chi connectivity index (χ4n) is 1.82. The van der Waals surface area contributed by atoms with Crippen LogP contribution in [0.25, 0.3) is 5.57 Å². The van der Waals surface area contributed by atoms with E-state index in [0.717, 1.165) is 17.8 Å². The molecule has 1 aromatic rings. The third-order valence-corrected chi connectivity index (χ3v) is 2.96. The fourth-order valence-corrected chi connectivity index (χ4v) is 1.82. The van der Waals surface area contributed by atoms with Crippen LogP contribution in [0.2, 0.25) is 0 Å². The van der Waals surface area contributed by atoms with Gasteiger partial charge in [0.2, 0.25) is 0 Å². The van der Waals surface area contributed by atoms with Crippen molar-refractivity contribution in [2.75, 3.05) is 0 Å². The van der Waals surface area contributed by atoms with Crippen LogP contribution in [0.15, 0.2) is 6.58 Å². The van der Waals surface area contributed by atoms with Crippen molar-refractivity contribution in [3.63, 3.8) is 0 Å². The van der Waals surface area contributed by atoms with Crippen LogP contribution in [0.5, 0.6) is 0 Å². The molecule has 0 spiro atoms.